The Labute approximate surface area is 210 Å². The molecule has 0 atom stereocenters. The number of ether oxygens (including phenoxy) is 1. The van der Waals surface area contributed by atoms with Crippen molar-refractivity contribution in [2.75, 3.05) is 11.1 Å². The van der Waals surface area contributed by atoms with Crippen LogP contribution in [0.2, 0.25) is 5.02 Å². The third-order valence-corrected chi connectivity index (χ3v) is 7.20. The SMILES string of the molecule is Cc1c(C(N)=O)sc(NC(=O)CSc2nnc(Cc3ccc(Cl)cc3)n2C)c1C(=O)OC(C)C. The largest absolute Gasteiger partial charge is 0.459 e. The number of anilines is 1. The van der Waals surface area contributed by atoms with E-state index in [1.165, 1.54) is 11.8 Å². The molecular weight excluding hydrogens is 498 g/mol. The number of thiophene rings is 1. The van der Waals surface area contributed by atoms with E-state index in [0.29, 0.717) is 22.2 Å². The monoisotopic (exact) mass is 521 g/mol. The first kappa shape index (κ1) is 25.7. The summed E-state index contributed by atoms with van der Waals surface area (Å²) in [5.74, 6) is -0.913. The number of nitrogens with one attached hydrogen (secondary N) is 1. The Morgan fingerprint density at radius 1 is 1.24 bits per heavy atom. The van der Waals surface area contributed by atoms with Gasteiger partial charge >= 0.3 is 5.97 Å². The molecule has 34 heavy (non-hydrogen) atoms. The van der Waals surface area contributed by atoms with Gasteiger partial charge in [0.05, 0.1) is 22.3 Å². The number of halogens is 1. The van der Waals surface area contributed by atoms with Gasteiger partial charge in [0.15, 0.2) is 5.16 Å². The molecule has 3 N–H and O–H groups in total. The van der Waals surface area contributed by atoms with Gasteiger partial charge in [-0.15, -0.1) is 21.5 Å². The van der Waals surface area contributed by atoms with E-state index in [9.17, 15) is 14.4 Å². The number of benzene rings is 1. The number of rotatable bonds is 9. The molecule has 9 nitrogen and oxygen atoms in total. The lowest BCUT2D eigenvalue weighted by atomic mass is 10.1. The molecule has 0 fully saturated rings. The van der Waals surface area contributed by atoms with Crippen LogP contribution >= 0.6 is 34.7 Å². The predicted molar refractivity (Wildman–Crippen MR) is 133 cm³/mol. The van der Waals surface area contributed by atoms with Crippen molar-refractivity contribution in [3.05, 3.63) is 56.7 Å². The molecule has 0 saturated carbocycles. The number of thioether (sulfide) groups is 1. The summed E-state index contributed by atoms with van der Waals surface area (Å²) in [6.45, 7) is 5.02. The van der Waals surface area contributed by atoms with Crippen molar-refractivity contribution in [3.8, 4) is 0 Å². The molecule has 0 aliphatic heterocycles. The number of carbonyl (C=O) groups is 3. The molecule has 1 aromatic carbocycles. The van der Waals surface area contributed by atoms with Gasteiger partial charge in [0.25, 0.3) is 5.91 Å². The lowest BCUT2D eigenvalue weighted by molar-refractivity contribution is -0.113. The summed E-state index contributed by atoms with van der Waals surface area (Å²) in [4.78, 5) is 37.2. The van der Waals surface area contributed by atoms with Crippen LogP contribution in [0, 0.1) is 6.92 Å². The van der Waals surface area contributed by atoms with Crippen molar-refractivity contribution in [1.82, 2.24) is 14.8 Å². The fourth-order valence-corrected chi connectivity index (χ4v) is 4.98. The molecule has 0 radical (unpaired) electrons. The zero-order valence-electron chi connectivity index (χ0n) is 19.0. The maximum Gasteiger partial charge on any atom is 0.341 e. The van der Waals surface area contributed by atoms with Crippen molar-refractivity contribution in [2.45, 2.75) is 38.5 Å². The number of nitrogens with two attached hydrogens (primary N) is 1. The second-order valence-corrected chi connectivity index (χ2v) is 10.1. The van der Waals surface area contributed by atoms with Gasteiger partial charge in [0.1, 0.15) is 10.8 Å². The number of esters is 1. The summed E-state index contributed by atoms with van der Waals surface area (Å²) >= 11 is 8.08. The minimum atomic E-state index is -0.678. The summed E-state index contributed by atoms with van der Waals surface area (Å²) in [5, 5.41) is 12.5. The van der Waals surface area contributed by atoms with Gasteiger partial charge in [-0.25, -0.2) is 4.79 Å². The first-order chi connectivity index (χ1) is 16.1. The van der Waals surface area contributed by atoms with Gasteiger partial charge in [-0.3, -0.25) is 9.59 Å². The fourth-order valence-electron chi connectivity index (χ4n) is 3.06. The molecular formula is C22H24ClN5O4S2. The fraction of sp³-hybridized carbons (Fsp3) is 0.318. The zero-order chi connectivity index (χ0) is 25.0. The first-order valence-electron chi connectivity index (χ1n) is 10.3. The van der Waals surface area contributed by atoms with Crippen LogP contribution in [-0.4, -0.2) is 44.4 Å². The smallest absolute Gasteiger partial charge is 0.341 e. The van der Waals surface area contributed by atoms with Crippen LogP contribution in [0.5, 0.6) is 0 Å². The Morgan fingerprint density at radius 2 is 1.91 bits per heavy atom. The molecule has 2 heterocycles. The Hall–Kier alpha value is -2.89. The minimum absolute atomic E-state index is 0.0223. The van der Waals surface area contributed by atoms with E-state index >= 15 is 0 Å². The highest BCUT2D eigenvalue weighted by Crippen LogP contribution is 2.34. The zero-order valence-corrected chi connectivity index (χ0v) is 21.4. The normalized spacial score (nSPS) is 11.0. The summed E-state index contributed by atoms with van der Waals surface area (Å²) in [6, 6.07) is 7.47. The molecule has 0 saturated heterocycles. The van der Waals surface area contributed by atoms with E-state index < -0.39 is 11.9 Å². The number of amides is 2. The van der Waals surface area contributed by atoms with Crippen molar-refractivity contribution in [2.24, 2.45) is 12.8 Å². The number of nitrogens with zero attached hydrogens (tertiary/aromatic N) is 3. The highest BCUT2D eigenvalue weighted by molar-refractivity contribution is 7.99. The van der Waals surface area contributed by atoms with E-state index in [-0.39, 0.29) is 33.2 Å². The van der Waals surface area contributed by atoms with Gasteiger partial charge in [-0.1, -0.05) is 35.5 Å². The topological polar surface area (TPSA) is 129 Å². The van der Waals surface area contributed by atoms with Crippen LogP contribution in [0.3, 0.4) is 0 Å². The Balaban J connectivity index is 1.69. The van der Waals surface area contributed by atoms with E-state index in [0.717, 1.165) is 22.7 Å². The van der Waals surface area contributed by atoms with Crippen LogP contribution < -0.4 is 11.1 Å². The summed E-state index contributed by atoms with van der Waals surface area (Å²) in [6.07, 6.45) is 0.208. The maximum atomic E-state index is 12.7. The molecule has 2 aromatic heterocycles. The number of primary amides is 1. The maximum absolute atomic E-state index is 12.7. The van der Waals surface area contributed by atoms with Gasteiger partial charge in [-0.05, 0) is 44.0 Å². The van der Waals surface area contributed by atoms with Crippen molar-refractivity contribution >= 4 is 57.5 Å². The Bertz CT molecular complexity index is 1220. The molecule has 0 spiro atoms. The number of hydrogen-bond donors (Lipinski definition) is 2. The standard InChI is InChI=1S/C22H24ClN5O4S2/c1-11(2)32-21(31)17-12(3)18(19(24)30)34-20(17)25-16(29)10-33-22-27-26-15(28(22)4)9-13-5-7-14(23)8-6-13/h5-8,11H,9-10H2,1-4H3,(H2,24,30)(H,25,29). The summed E-state index contributed by atoms with van der Waals surface area (Å²) < 4.78 is 7.08. The van der Waals surface area contributed by atoms with Crippen LogP contribution in [-0.2, 0) is 23.0 Å². The van der Waals surface area contributed by atoms with Gasteiger partial charge < -0.3 is 20.4 Å². The molecule has 180 valence electrons. The molecule has 2 amide bonds. The highest BCUT2D eigenvalue weighted by Gasteiger charge is 2.26. The molecule has 0 aliphatic rings. The van der Waals surface area contributed by atoms with Crippen molar-refractivity contribution < 1.29 is 19.1 Å². The van der Waals surface area contributed by atoms with Gasteiger partial charge in [-0.2, -0.15) is 0 Å². The average molecular weight is 522 g/mol. The number of hydrogen-bond acceptors (Lipinski definition) is 8. The summed E-state index contributed by atoms with van der Waals surface area (Å²) in [7, 11) is 1.83. The molecule has 0 bridgehead atoms. The first-order valence-corrected chi connectivity index (χ1v) is 12.4. The molecule has 3 rings (SSSR count). The predicted octanol–water partition coefficient (Wildman–Crippen LogP) is 3.82. The van der Waals surface area contributed by atoms with E-state index in [4.69, 9.17) is 22.1 Å². The van der Waals surface area contributed by atoms with E-state index in [1.54, 1.807) is 20.8 Å². The quantitative estimate of drug-likeness (QED) is 0.323. The lowest BCUT2D eigenvalue weighted by Crippen LogP contribution is -2.18. The van der Waals surface area contributed by atoms with Gasteiger partial charge in [0, 0.05) is 18.5 Å². The third kappa shape index (κ3) is 6.16. The van der Waals surface area contributed by atoms with Crippen LogP contribution in [0.1, 0.15) is 50.8 Å². The second kappa shape index (κ2) is 11.0. The van der Waals surface area contributed by atoms with E-state index in [2.05, 4.69) is 15.5 Å². The number of aromatic nitrogens is 3. The van der Waals surface area contributed by atoms with Gasteiger partial charge in [0.2, 0.25) is 5.91 Å². The Kier molecular flexibility index (Phi) is 8.34. The lowest BCUT2D eigenvalue weighted by Gasteiger charge is -2.10. The van der Waals surface area contributed by atoms with E-state index in [1.807, 2.05) is 35.9 Å². The van der Waals surface area contributed by atoms with Crippen LogP contribution in [0.4, 0.5) is 5.00 Å². The summed E-state index contributed by atoms with van der Waals surface area (Å²) in [5.41, 5.74) is 6.97. The minimum Gasteiger partial charge on any atom is -0.459 e. The molecule has 3 aromatic rings. The Morgan fingerprint density at radius 3 is 2.53 bits per heavy atom. The van der Waals surface area contributed by atoms with Crippen molar-refractivity contribution in [3.63, 3.8) is 0 Å². The van der Waals surface area contributed by atoms with Crippen LogP contribution in [0.25, 0.3) is 0 Å². The molecule has 12 heteroatoms. The number of carbonyl (C=O) groups excluding carboxylic acids is 3. The molecule has 0 aliphatic carbocycles. The average Bonchev–Trinajstić information content (AvgIpc) is 3.27. The highest BCUT2D eigenvalue weighted by atomic mass is 35.5. The third-order valence-electron chi connectivity index (χ3n) is 4.70. The van der Waals surface area contributed by atoms with Crippen LogP contribution in [0.15, 0.2) is 29.4 Å². The van der Waals surface area contributed by atoms with Crippen molar-refractivity contribution in [1.29, 1.82) is 0 Å². The second-order valence-electron chi connectivity index (χ2n) is 7.68. The molecule has 0 unspecified atom stereocenters.